The monoisotopic (exact) mass is 184 g/mol. The van der Waals surface area contributed by atoms with Crippen LogP contribution in [0, 0.1) is 5.92 Å². The fourth-order valence-electron chi connectivity index (χ4n) is 2.14. The molecule has 1 atom stereocenters. The Morgan fingerprint density at radius 2 is 1.69 bits per heavy atom. The van der Waals surface area contributed by atoms with Crippen molar-refractivity contribution in [2.24, 2.45) is 5.92 Å². The summed E-state index contributed by atoms with van der Waals surface area (Å²) in [5.41, 5.74) is -0.308. The minimum absolute atomic E-state index is 0.0706. The van der Waals surface area contributed by atoms with Crippen LogP contribution in [-0.4, -0.2) is 18.3 Å². The molecule has 0 aromatic heterocycles. The molecule has 0 radical (unpaired) electrons. The van der Waals surface area contributed by atoms with E-state index in [1.165, 1.54) is 0 Å². The van der Waals surface area contributed by atoms with E-state index >= 15 is 0 Å². The largest absolute Gasteiger partial charge is 0.454 e. The van der Waals surface area contributed by atoms with Gasteiger partial charge in [0.05, 0.1) is 11.2 Å². The lowest BCUT2D eigenvalue weighted by molar-refractivity contribution is -0.0239. The highest BCUT2D eigenvalue weighted by Crippen LogP contribution is 2.41. The standard InChI is InChI=1S/C10H21BO2/c1-8(2)7-10(5)9(3,4)12-11(6)13-10/h8H,7H2,1-6H3. The summed E-state index contributed by atoms with van der Waals surface area (Å²) in [6, 6.07) is 0. The highest BCUT2D eigenvalue weighted by Gasteiger charge is 2.51. The molecular weight excluding hydrogens is 163 g/mol. The van der Waals surface area contributed by atoms with Crippen molar-refractivity contribution in [3.63, 3.8) is 0 Å². The van der Waals surface area contributed by atoms with Crippen LogP contribution in [0.2, 0.25) is 6.82 Å². The van der Waals surface area contributed by atoms with E-state index in [1.54, 1.807) is 0 Å². The highest BCUT2D eigenvalue weighted by molar-refractivity contribution is 6.43. The molecule has 3 heteroatoms. The Kier molecular flexibility index (Phi) is 2.79. The van der Waals surface area contributed by atoms with Crippen LogP contribution in [-0.2, 0) is 9.31 Å². The van der Waals surface area contributed by atoms with E-state index < -0.39 is 0 Å². The molecule has 0 aromatic carbocycles. The zero-order valence-electron chi connectivity index (χ0n) is 9.68. The summed E-state index contributed by atoms with van der Waals surface area (Å²) in [5, 5.41) is 0. The van der Waals surface area contributed by atoms with E-state index in [4.69, 9.17) is 9.31 Å². The van der Waals surface area contributed by atoms with E-state index in [2.05, 4.69) is 34.6 Å². The highest BCUT2D eigenvalue weighted by atomic mass is 16.7. The van der Waals surface area contributed by atoms with Gasteiger partial charge in [0.15, 0.2) is 0 Å². The zero-order valence-corrected chi connectivity index (χ0v) is 9.68. The number of rotatable bonds is 2. The van der Waals surface area contributed by atoms with Crippen molar-refractivity contribution in [2.75, 3.05) is 0 Å². The second-order valence-corrected chi connectivity index (χ2v) is 5.14. The average Bonchev–Trinajstić information content (AvgIpc) is 1.97. The second-order valence-electron chi connectivity index (χ2n) is 5.14. The fourth-order valence-corrected chi connectivity index (χ4v) is 2.14. The lowest BCUT2D eigenvalue weighted by atomic mass is 9.81. The molecule has 1 heterocycles. The van der Waals surface area contributed by atoms with Gasteiger partial charge in [-0.25, -0.2) is 0 Å². The minimum atomic E-state index is -0.170. The van der Waals surface area contributed by atoms with E-state index in [-0.39, 0.29) is 18.3 Å². The van der Waals surface area contributed by atoms with Crippen LogP contribution in [0.1, 0.15) is 41.0 Å². The summed E-state index contributed by atoms with van der Waals surface area (Å²) in [5.74, 6) is 0.637. The molecule has 0 aliphatic carbocycles. The molecule has 76 valence electrons. The maximum Gasteiger partial charge on any atom is 0.454 e. The Morgan fingerprint density at radius 1 is 1.15 bits per heavy atom. The number of hydrogen-bond donors (Lipinski definition) is 0. The Labute approximate surface area is 82.1 Å². The molecule has 1 unspecified atom stereocenters. The van der Waals surface area contributed by atoms with Crippen LogP contribution in [0.5, 0.6) is 0 Å². The molecule has 1 rings (SSSR count). The first-order valence-electron chi connectivity index (χ1n) is 5.12. The molecule has 1 saturated heterocycles. The van der Waals surface area contributed by atoms with Crippen molar-refractivity contribution in [3.05, 3.63) is 0 Å². The smallest absolute Gasteiger partial charge is 0.403 e. The van der Waals surface area contributed by atoms with Crippen LogP contribution < -0.4 is 0 Å². The van der Waals surface area contributed by atoms with Crippen molar-refractivity contribution in [2.45, 2.75) is 59.1 Å². The van der Waals surface area contributed by atoms with Gasteiger partial charge < -0.3 is 9.31 Å². The lowest BCUT2D eigenvalue weighted by Gasteiger charge is -2.37. The van der Waals surface area contributed by atoms with Gasteiger partial charge in [0.2, 0.25) is 0 Å². The van der Waals surface area contributed by atoms with Gasteiger partial charge in [-0.05, 0) is 39.9 Å². The van der Waals surface area contributed by atoms with Crippen LogP contribution in [0.15, 0.2) is 0 Å². The first-order valence-corrected chi connectivity index (χ1v) is 5.12. The summed E-state index contributed by atoms with van der Waals surface area (Å²) < 4.78 is 11.6. The molecule has 0 saturated carbocycles. The molecule has 0 bridgehead atoms. The van der Waals surface area contributed by atoms with Gasteiger partial charge in [-0.1, -0.05) is 13.8 Å². The average molecular weight is 184 g/mol. The predicted octanol–water partition coefficient (Wildman–Crippen LogP) is 2.73. The molecule has 0 aromatic rings. The maximum absolute atomic E-state index is 5.85. The van der Waals surface area contributed by atoms with Crippen molar-refractivity contribution in [3.8, 4) is 0 Å². The summed E-state index contributed by atoms with van der Waals surface area (Å²) >= 11 is 0. The third kappa shape index (κ3) is 2.08. The lowest BCUT2D eigenvalue weighted by Crippen LogP contribution is -2.45. The molecule has 2 nitrogen and oxygen atoms in total. The third-order valence-electron chi connectivity index (χ3n) is 2.96. The summed E-state index contributed by atoms with van der Waals surface area (Å²) in [7, 11) is -0.0706. The van der Waals surface area contributed by atoms with Gasteiger partial charge in [0.25, 0.3) is 0 Å². The molecule has 0 N–H and O–H groups in total. The molecule has 13 heavy (non-hydrogen) atoms. The molecule has 0 amide bonds. The van der Waals surface area contributed by atoms with Crippen molar-refractivity contribution in [1.82, 2.24) is 0 Å². The van der Waals surface area contributed by atoms with Crippen LogP contribution in [0.3, 0.4) is 0 Å². The normalized spacial score (nSPS) is 33.0. The van der Waals surface area contributed by atoms with Crippen LogP contribution >= 0.6 is 0 Å². The van der Waals surface area contributed by atoms with Gasteiger partial charge >= 0.3 is 7.12 Å². The van der Waals surface area contributed by atoms with Crippen LogP contribution in [0.4, 0.5) is 0 Å². The van der Waals surface area contributed by atoms with Gasteiger partial charge in [-0.2, -0.15) is 0 Å². The Bertz CT molecular complexity index is 191. The molecule has 0 spiro atoms. The Morgan fingerprint density at radius 3 is 2.00 bits per heavy atom. The van der Waals surface area contributed by atoms with E-state index in [0.29, 0.717) is 5.92 Å². The predicted molar refractivity (Wildman–Crippen MR) is 55.7 cm³/mol. The van der Waals surface area contributed by atoms with Gasteiger partial charge in [0.1, 0.15) is 0 Å². The zero-order chi connectivity index (χ0) is 10.3. The molecule has 1 aliphatic heterocycles. The molecule has 1 fully saturated rings. The van der Waals surface area contributed by atoms with Gasteiger partial charge in [0, 0.05) is 0 Å². The van der Waals surface area contributed by atoms with E-state index in [0.717, 1.165) is 6.42 Å². The van der Waals surface area contributed by atoms with Gasteiger partial charge in [-0.3, -0.25) is 0 Å². The minimum Gasteiger partial charge on any atom is -0.403 e. The first kappa shape index (κ1) is 11.1. The van der Waals surface area contributed by atoms with Crippen molar-refractivity contribution in [1.29, 1.82) is 0 Å². The third-order valence-corrected chi connectivity index (χ3v) is 2.96. The summed E-state index contributed by atoms with van der Waals surface area (Å²) in [4.78, 5) is 0. The van der Waals surface area contributed by atoms with Crippen molar-refractivity contribution >= 4 is 7.12 Å². The van der Waals surface area contributed by atoms with E-state index in [9.17, 15) is 0 Å². The van der Waals surface area contributed by atoms with Crippen LogP contribution in [0.25, 0.3) is 0 Å². The second kappa shape index (κ2) is 3.28. The van der Waals surface area contributed by atoms with Gasteiger partial charge in [-0.15, -0.1) is 0 Å². The Hall–Kier alpha value is -0.0151. The van der Waals surface area contributed by atoms with E-state index in [1.807, 2.05) is 6.82 Å². The quantitative estimate of drug-likeness (QED) is 0.614. The molecule has 1 aliphatic rings. The maximum atomic E-state index is 5.85. The summed E-state index contributed by atoms with van der Waals surface area (Å²) in [6.07, 6.45) is 1.05. The fraction of sp³-hybridized carbons (Fsp3) is 1.00. The summed E-state index contributed by atoms with van der Waals surface area (Å²) in [6.45, 7) is 12.8. The SMILES string of the molecule is CB1OC(C)(C)C(C)(CC(C)C)O1. The van der Waals surface area contributed by atoms with Crippen molar-refractivity contribution < 1.29 is 9.31 Å². The Balaban J connectivity index is 2.76. The topological polar surface area (TPSA) is 18.5 Å². The first-order chi connectivity index (χ1) is 5.77. The molecular formula is C10H21BO2. The number of hydrogen-bond acceptors (Lipinski definition) is 2.